The van der Waals surface area contributed by atoms with Crippen molar-refractivity contribution in [3.05, 3.63) is 35.9 Å². The first-order chi connectivity index (χ1) is 13.1. The number of benzene rings is 1. The highest BCUT2D eigenvalue weighted by Gasteiger charge is 2.50. The maximum Gasteiger partial charge on any atom is 0.325 e. The van der Waals surface area contributed by atoms with E-state index in [-0.39, 0.29) is 36.7 Å². The van der Waals surface area contributed by atoms with Gasteiger partial charge in [-0.1, -0.05) is 56.5 Å². The Morgan fingerprint density at radius 2 is 1.89 bits per heavy atom. The zero-order chi connectivity index (χ0) is 19.3. The fourth-order valence-electron chi connectivity index (χ4n) is 4.14. The van der Waals surface area contributed by atoms with Gasteiger partial charge < -0.3 is 10.6 Å². The number of carbonyl (C=O) groups is 3. The van der Waals surface area contributed by atoms with Crippen LogP contribution in [0.3, 0.4) is 0 Å². The molecule has 1 heterocycles. The van der Waals surface area contributed by atoms with Gasteiger partial charge in [0.05, 0.1) is 0 Å². The average Bonchev–Trinajstić information content (AvgIpc) is 2.91. The van der Waals surface area contributed by atoms with Crippen molar-refractivity contribution >= 4 is 17.8 Å². The second-order valence-corrected chi connectivity index (χ2v) is 7.60. The normalized spacial score (nSPS) is 19.8. The molecule has 0 radical (unpaired) electrons. The number of carbonyl (C=O) groups excluding carboxylic acids is 3. The Kier molecular flexibility index (Phi) is 6.14. The van der Waals surface area contributed by atoms with Crippen molar-refractivity contribution in [2.75, 3.05) is 13.1 Å². The third-order valence-corrected chi connectivity index (χ3v) is 5.82. The summed E-state index contributed by atoms with van der Waals surface area (Å²) >= 11 is 0. The second kappa shape index (κ2) is 8.55. The topological polar surface area (TPSA) is 78.5 Å². The average molecular weight is 371 g/mol. The molecule has 1 aromatic carbocycles. The lowest BCUT2D eigenvalue weighted by molar-refractivity contribution is -0.132. The molecule has 3 rings (SSSR count). The lowest BCUT2D eigenvalue weighted by Gasteiger charge is -2.30. The van der Waals surface area contributed by atoms with Crippen LogP contribution in [0.2, 0.25) is 0 Å². The van der Waals surface area contributed by atoms with Gasteiger partial charge in [0.2, 0.25) is 5.91 Å². The van der Waals surface area contributed by atoms with E-state index in [1.165, 1.54) is 10.5 Å². The van der Waals surface area contributed by atoms with Crippen LogP contribution in [0, 0.1) is 0 Å². The molecule has 6 nitrogen and oxygen atoms in total. The molecule has 1 aromatic rings. The van der Waals surface area contributed by atoms with E-state index in [0.717, 1.165) is 25.7 Å². The van der Waals surface area contributed by atoms with Crippen LogP contribution in [0.5, 0.6) is 0 Å². The summed E-state index contributed by atoms with van der Waals surface area (Å²) in [6.45, 7) is 2.80. The number of imide groups is 1. The molecule has 0 bridgehead atoms. The predicted molar refractivity (Wildman–Crippen MR) is 103 cm³/mol. The fraction of sp³-hybridized carbons (Fsp3) is 0.571. The monoisotopic (exact) mass is 371 g/mol. The molecule has 1 atom stereocenters. The number of nitrogens with one attached hydrogen (secondary N) is 2. The lowest BCUT2D eigenvalue weighted by Crippen LogP contribution is -2.48. The number of urea groups is 1. The van der Waals surface area contributed by atoms with Gasteiger partial charge in [0.25, 0.3) is 5.91 Å². The van der Waals surface area contributed by atoms with E-state index in [1.54, 1.807) is 0 Å². The number of amides is 4. The maximum absolute atomic E-state index is 12.7. The summed E-state index contributed by atoms with van der Waals surface area (Å²) in [5, 5.41) is 5.83. The minimum absolute atomic E-state index is 0.130. The van der Waals surface area contributed by atoms with E-state index in [2.05, 4.69) is 29.7 Å². The quantitative estimate of drug-likeness (QED) is 0.724. The third kappa shape index (κ3) is 4.31. The van der Waals surface area contributed by atoms with E-state index in [0.29, 0.717) is 19.4 Å². The smallest absolute Gasteiger partial charge is 0.325 e. The Morgan fingerprint density at radius 1 is 1.19 bits per heavy atom. The molecule has 2 fully saturated rings. The third-order valence-electron chi connectivity index (χ3n) is 5.82. The van der Waals surface area contributed by atoms with Crippen LogP contribution in [-0.2, 0) is 9.59 Å². The van der Waals surface area contributed by atoms with Crippen molar-refractivity contribution < 1.29 is 14.4 Å². The van der Waals surface area contributed by atoms with Gasteiger partial charge in [-0.3, -0.25) is 14.5 Å². The summed E-state index contributed by atoms with van der Waals surface area (Å²) in [6.07, 6.45) is 5.50. The zero-order valence-electron chi connectivity index (χ0n) is 16.0. The van der Waals surface area contributed by atoms with Gasteiger partial charge in [0, 0.05) is 25.4 Å². The molecular formula is C21H29N3O3. The Labute approximate surface area is 160 Å². The molecule has 1 spiro atoms. The van der Waals surface area contributed by atoms with Crippen LogP contribution < -0.4 is 10.6 Å². The van der Waals surface area contributed by atoms with Crippen LogP contribution in [0.25, 0.3) is 0 Å². The van der Waals surface area contributed by atoms with Crippen LogP contribution in [0.15, 0.2) is 30.3 Å². The van der Waals surface area contributed by atoms with Crippen molar-refractivity contribution in [2.45, 2.75) is 63.3 Å². The van der Waals surface area contributed by atoms with Gasteiger partial charge in [-0.05, 0) is 24.8 Å². The van der Waals surface area contributed by atoms with E-state index in [9.17, 15) is 14.4 Å². The second-order valence-electron chi connectivity index (χ2n) is 7.60. The van der Waals surface area contributed by atoms with Crippen LogP contribution in [0.1, 0.15) is 63.4 Å². The SMILES string of the molecule is CC[C@H](CNC(=O)CCN1C(=O)NC2(CCCCC2)C1=O)c1ccccc1. The van der Waals surface area contributed by atoms with Crippen molar-refractivity contribution in [1.82, 2.24) is 15.5 Å². The summed E-state index contributed by atoms with van der Waals surface area (Å²) in [6, 6.07) is 9.75. The van der Waals surface area contributed by atoms with Crippen LogP contribution in [-0.4, -0.2) is 41.4 Å². The highest BCUT2D eigenvalue weighted by molar-refractivity contribution is 6.07. The van der Waals surface area contributed by atoms with Gasteiger partial charge in [0.1, 0.15) is 5.54 Å². The molecule has 146 valence electrons. The molecule has 6 heteroatoms. The van der Waals surface area contributed by atoms with Crippen LogP contribution >= 0.6 is 0 Å². The van der Waals surface area contributed by atoms with Crippen molar-refractivity contribution in [2.24, 2.45) is 0 Å². The molecule has 1 aliphatic heterocycles. The minimum Gasteiger partial charge on any atom is -0.355 e. The van der Waals surface area contributed by atoms with Gasteiger partial charge in [-0.2, -0.15) is 0 Å². The highest BCUT2D eigenvalue weighted by atomic mass is 16.2. The first kappa shape index (κ1) is 19.4. The van der Waals surface area contributed by atoms with E-state index in [1.807, 2.05) is 18.2 Å². The lowest BCUT2D eigenvalue weighted by atomic mass is 9.82. The molecule has 2 aliphatic rings. The molecule has 0 unspecified atom stereocenters. The fourth-order valence-corrected chi connectivity index (χ4v) is 4.14. The molecular weight excluding hydrogens is 342 g/mol. The summed E-state index contributed by atoms with van der Waals surface area (Å²) in [4.78, 5) is 38.4. The maximum atomic E-state index is 12.7. The summed E-state index contributed by atoms with van der Waals surface area (Å²) < 4.78 is 0. The van der Waals surface area contributed by atoms with Gasteiger partial charge in [0.15, 0.2) is 0 Å². The molecule has 1 aliphatic carbocycles. The predicted octanol–water partition coefficient (Wildman–Crippen LogP) is 2.94. The standard InChI is InChI=1S/C21H29N3O3/c1-2-16(17-9-5-3-6-10-17)15-22-18(25)11-14-24-19(26)21(23-20(24)27)12-7-4-8-13-21/h3,5-6,9-10,16H,2,4,7-8,11-15H2,1H3,(H,22,25)(H,23,27)/t16-/m1/s1. The highest BCUT2D eigenvalue weighted by Crippen LogP contribution is 2.33. The summed E-state index contributed by atoms with van der Waals surface area (Å²) in [7, 11) is 0. The number of nitrogens with zero attached hydrogens (tertiary/aromatic N) is 1. The van der Waals surface area contributed by atoms with E-state index < -0.39 is 5.54 Å². The molecule has 4 amide bonds. The Balaban J connectivity index is 1.49. The van der Waals surface area contributed by atoms with Crippen molar-refractivity contribution in [3.8, 4) is 0 Å². The number of hydrogen-bond donors (Lipinski definition) is 2. The van der Waals surface area contributed by atoms with E-state index in [4.69, 9.17) is 0 Å². The first-order valence-corrected chi connectivity index (χ1v) is 10.0. The Bertz CT molecular complexity index is 683. The Morgan fingerprint density at radius 3 is 2.56 bits per heavy atom. The summed E-state index contributed by atoms with van der Waals surface area (Å²) in [5.74, 6) is -0.0253. The van der Waals surface area contributed by atoms with Gasteiger partial charge >= 0.3 is 6.03 Å². The van der Waals surface area contributed by atoms with Gasteiger partial charge in [-0.25, -0.2) is 4.79 Å². The van der Waals surface area contributed by atoms with Crippen LogP contribution in [0.4, 0.5) is 4.79 Å². The molecule has 1 saturated carbocycles. The minimum atomic E-state index is -0.716. The first-order valence-electron chi connectivity index (χ1n) is 10.0. The number of rotatable bonds is 7. The zero-order valence-corrected chi connectivity index (χ0v) is 16.0. The Hall–Kier alpha value is -2.37. The van der Waals surface area contributed by atoms with E-state index >= 15 is 0 Å². The van der Waals surface area contributed by atoms with Crippen molar-refractivity contribution in [3.63, 3.8) is 0 Å². The van der Waals surface area contributed by atoms with Crippen molar-refractivity contribution in [1.29, 1.82) is 0 Å². The largest absolute Gasteiger partial charge is 0.355 e. The summed E-state index contributed by atoms with van der Waals surface area (Å²) in [5.41, 5.74) is 0.487. The molecule has 0 aromatic heterocycles. The molecule has 27 heavy (non-hydrogen) atoms. The molecule has 1 saturated heterocycles. The van der Waals surface area contributed by atoms with Gasteiger partial charge in [-0.15, -0.1) is 0 Å². The number of hydrogen-bond acceptors (Lipinski definition) is 3. The molecule has 2 N–H and O–H groups in total.